The lowest BCUT2D eigenvalue weighted by atomic mass is 10.1. The zero-order valence-electron chi connectivity index (χ0n) is 12.7. The Morgan fingerprint density at radius 1 is 1.55 bits per heavy atom. The van der Waals surface area contributed by atoms with Crippen LogP contribution in [0, 0.1) is 17.0 Å². The summed E-state index contributed by atoms with van der Waals surface area (Å²) in [7, 11) is 0. The van der Waals surface area contributed by atoms with E-state index < -0.39 is 4.92 Å². The molecule has 0 aromatic heterocycles. The summed E-state index contributed by atoms with van der Waals surface area (Å²) in [5.74, 6) is -0.221. The topological polar surface area (TPSA) is 87.5 Å². The lowest BCUT2D eigenvalue weighted by Crippen LogP contribution is -2.52. The molecular formula is C14H21ClN4O3. The number of nitrogens with one attached hydrogen (secondary N) is 2. The Morgan fingerprint density at radius 3 is 2.91 bits per heavy atom. The summed E-state index contributed by atoms with van der Waals surface area (Å²) in [6.45, 7) is 6.53. The van der Waals surface area contributed by atoms with Gasteiger partial charge in [-0.1, -0.05) is 12.1 Å². The fourth-order valence-electron chi connectivity index (χ4n) is 2.45. The Morgan fingerprint density at radius 2 is 2.27 bits per heavy atom. The summed E-state index contributed by atoms with van der Waals surface area (Å²) in [5, 5.41) is 17.0. The molecule has 122 valence electrons. The maximum absolute atomic E-state index is 12.2. The third-order valence-corrected chi connectivity index (χ3v) is 3.70. The highest BCUT2D eigenvalue weighted by Crippen LogP contribution is 2.27. The monoisotopic (exact) mass is 328 g/mol. The van der Waals surface area contributed by atoms with Crippen molar-refractivity contribution in [2.24, 2.45) is 0 Å². The van der Waals surface area contributed by atoms with Gasteiger partial charge in [-0.2, -0.15) is 0 Å². The molecule has 0 radical (unpaired) electrons. The van der Waals surface area contributed by atoms with Crippen molar-refractivity contribution in [2.45, 2.75) is 19.9 Å². The summed E-state index contributed by atoms with van der Waals surface area (Å²) in [6, 6.07) is 5.03. The Labute approximate surface area is 135 Å². The third kappa shape index (κ3) is 4.40. The molecule has 2 rings (SSSR count). The number of anilines is 1. The highest BCUT2D eigenvalue weighted by atomic mass is 35.5. The second-order valence-corrected chi connectivity index (χ2v) is 5.30. The lowest BCUT2D eigenvalue weighted by molar-refractivity contribution is -0.384. The molecule has 1 fully saturated rings. The van der Waals surface area contributed by atoms with Gasteiger partial charge in [0.05, 0.1) is 11.5 Å². The number of carbonyl (C=O) groups is 1. The third-order valence-electron chi connectivity index (χ3n) is 3.70. The first-order valence-corrected chi connectivity index (χ1v) is 6.97. The van der Waals surface area contributed by atoms with E-state index in [1.54, 1.807) is 19.1 Å². The minimum absolute atomic E-state index is 0. The van der Waals surface area contributed by atoms with E-state index in [1.807, 2.05) is 0 Å². The van der Waals surface area contributed by atoms with Crippen LogP contribution in [0.1, 0.15) is 12.5 Å². The first kappa shape index (κ1) is 18.3. The fraction of sp³-hybridized carbons (Fsp3) is 0.500. The van der Waals surface area contributed by atoms with Crippen molar-refractivity contribution in [3.8, 4) is 0 Å². The van der Waals surface area contributed by atoms with Crippen LogP contribution in [0.15, 0.2) is 18.2 Å². The smallest absolute Gasteiger partial charge is 0.293 e. The SMILES string of the molecule is Cc1cccc([N+](=O)[O-])c1NC(=O)CN1CCNC[C@@H]1C.Cl. The molecule has 1 aromatic rings. The van der Waals surface area contributed by atoms with E-state index in [2.05, 4.69) is 22.5 Å². The molecule has 1 aromatic carbocycles. The highest BCUT2D eigenvalue weighted by molar-refractivity contribution is 5.95. The van der Waals surface area contributed by atoms with Gasteiger partial charge in [-0.05, 0) is 19.4 Å². The maximum atomic E-state index is 12.2. The molecule has 0 saturated carbocycles. The number of benzene rings is 1. The lowest BCUT2D eigenvalue weighted by Gasteiger charge is -2.33. The van der Waals surface area contributed by atoms with Crippen LogP contribution in [-0.4, -0.2) is 48.0 Å². The zero-order valence-corrected chi connectivity index (χ0v) is 13.5. The average Bonchev–Trinajstić information content (AvgIpc) is 2.43. The second-order valence-electron chi connectivity index (χ2n) is 5.30. The largest absolute Gasteiger partial charge is 0.319 e. The summed E-state index contributed by atoms with van der Waals surface area (Å²) < 4.78 is 0. The molecule has 1 saturated heterocycles. The predicted molar refractivity (Wildman–Crippen MR) is 87.6 cm³/mol. The van der Waals surface area contributed by atoms with Crippen molar-refractivity contribution in [3.63, 3.8) is 0 Å². The summed E-state index contributed by atoms with van der Waals surface area (Å²) in [4.78, 5) is 24.8. The number of nitro benzene ring substituents is 1. The van der Waals surface area contributed by atoms with Crippen molar-refractivity contribution in [2.75, 3.05) is 31.5 Å². The molecule has 7 nitrogen and oxygen atoms in total. The summed E-state index contributed by atoms with van der Waals surface area (Å²) in [6.07, 6.45) is 0. The van der Waals surface area contributed by atoms with Gasteiger partial charge in [0.15, 0.2) is 0 Å². The molecule has 1 aliphatic rings. The van der Waals surface area contributed by atoms with Crippen LogP contribution in [0.25, 0.3) is 0 Å². The van der Waals surface area contributed by atoms with E-state index in [-0.39, 0.29) is 42.3 Å². The molecule has 8 heteroatoms. The molecular weight excluding hydrogens is 308 g/mol. The molecule has 1 atom stereocenters. The molecule has 0 aliphatic carbocycles. The number of piperazine rings is 1. The number of carbonyl (C=O) groups excluding carboxylic acids is 1. The molecule has 1 heterocycles. The number of aryl methyl sites for hydroxylation is 1. The van der Waals surface area contributed by atoms with E-state index in [9.17, 15) is 14.9 Å². The van der Waals surface area contributed by atoms with Gasteiger partial charge in [-0.3, -0.25) is 19.8 Å². The minimum Gasteiger partial charge on any atom is -0.319 e. The molecule has 2 N–H and O–H groups in total. The maximum Gasteiger partial charge on any atom is 0.293 e. The van der Waals surface area contributed by atoms with Crippen molar-refractivity contribution in [1.82, 2.24) is 10.2 Å². The number of rotatable bonds is 4. The summed E-state index contributed by atoms with van der Waals surface area (Å²) >= 11 is 0. The van der Waals surface area contributed by atoms with Crippen molar-refractivity contribution in [1.29, 1.82) is 0 Å². The quantitative estimate of drug-likeness (QED) is 0.647. The highest BCUT2D eigenvalue weighted by Gasteiger charge is 2.22. The van der Waals surface area contributed by atoms with Gasteiger partial charge >= 0.3 is 0 Å². The van der Waals surface area contributed by atoms with Crippen LogP contribution >= 0.6 is 12.4 Å². The fourth-order valence-corrected chi connectivity index (χ4v) is 2.45. The van der Waals surface area contributed by atoms with Crippen LogP contribution in [0.3, 0.4) is 0 Å². The first-order valence-electron chi connectivity index (χ1n) is 6.97. The zero-order chi connectivity index (χ0) is 15.4. The Kier molecular flexibility index (Phi) is 6.73. The molecule has 1 aliphatic heterocycles. The van der Waals surface area contributed by atoms with Crippen molar-refractivity contribution >= 4 is 29.7 Å². The number of nitrogens with zero attached hydrogens (tertiary/aromatic N) is 2. The van der Waals surface area contributed by atoms with Gasteiger partial charge in [0.25, 0.3) is 5.69 Å². The number of hydrogen-bond acceptors (Lipinski definition) is 5. The van der Waals surface area contributed by atoms with Crippen molar-refractivity contribution < 1.29 is 9.72 Å². The second kappa shape index (κ2) is 8.07. The van der Waals surface area contributed by atoms with E-state index in [0.29, 0.717) is 5.56 Å². The summed E-state index contributed by atoms with van der Waals surface area (Å²) in [5.41, 5.74) is 0.901. The van der Waals surface area contributed by atoms with Gasteiger partial charge in [0.2, 0.25) is 5.91 Å². The molecule has 0 bridgehead atoms. The van der Waals surface area contributed by atoms with Gasteiger partial charge in [-0.15, -0.1) is 12.4 Å². The molecule has 0 spiro atoms. The van der Waals surface area contributed by atoms with E-state index in [1.165, 1.54) is 6.07 Å². The number of halogens is 1. The molecule has 22 heavy (non-hydrogen) atoms. The molecule has 1 amide bonds. The normalized spacial score (nSPS) is 18.4. The van der Waals surface area contributed by atoms with Crippen molar-refractivity contribution in [3.05, 3.63) is 33.9 Å². The Hall–Kier alpha value is -1.70. The van der Waals surface area contributed by atoms with E-state index in [4.69, 9.17) is 0 Å². The van der Waals surface area contributed by atoms with Crippen LogP contribution in [0.5, 0.6) is 0 Å². The number of amides is 1. The van der Waals surface area contributed by atoms with Gasteiger partial charge in [-0.25, -0.2) is 0 Å². The number of nitro groups is 1. The predicted octanol–water partition coefficient (Wildman–Crippen LogP) is 1.56. The average molecular weight is 329 g/mol. The van der Waals surface area contributed by atoms with E-state index >= 15 is 0 Å². The van der Waals surface area contributed by atoms with E-state index in [0.717, 1.165) is 19.6 Å². The molecule has 0 unspecified atom stereocenters. The van der Waals surface area contributed by atoms with Gasteiger partial charge in [0.1, 0.15) is 5.69 Å². The standard InChI is InChI=1S/C14H20N4O3.ClH/c1-10-4-3-5-12(18(20)21)14(10)16-13(19)9-17-7-6-15-8-11(17)2;/h3-5,11,15H,6-9H2,1-2H3,(H,16,19);1H/t11-;/m0./s1. The number of hydrogen-bond donors (Lipinski definition) is 2. The first-order chi connectivity index (χ1) is 9.99. The Balaban J connectivity index is 0.00000242. The number of para-hydroxylation sites is 1. The van der Waals surface area contributed by atoms with Crippen LogP contribution in [0.4, 0.5) is 11.4 Å². The van der Waals surface area contributed by atoms with Crippen LogP contribution < -0.4 is 10.6 Å². The minimum atomic E-state index is -0.476. The Bertz CT molecular complexity index is 553. The van der Waals surface area contributed by atoms with Gasteiger partial charge in [0, 0.05) is 31.7 Å². The van der Waals surface area contributed by atoms with Gasteiger partial charge < -0.3 is 10.6 Å². The van der Waals surface area contributed by atoms with Crippen LogP contribution in [-0.2, 0) is 4.79 Å². The van der Waals surface area contributed by atoms with Crippen LogP contribution in [0.2, 0.25) is 0 Å².